The van der Waals surface area contributed by atoms with Crippen LogP contribution < -0.4 is 5.73 Å². The second-order valence-corrected chi connectivity index (χ2v) is 2.39. The number of aromatic nitrogens is 1. The third-order valence-corrected chi connectivity index (χ3v) is 1.45. The van der Waals surface area contributed by atoms with Gasteiger partial charge in [0.25, 0.3) is 0 Å². The number of hydrogen-bond donors (Lipinski definition) is 2. The molecule has 0 aliphatic heterocycles. The van der Waals surface area contributed by atoms with Gasteiger partial charge < -0.3 is 15.6 Å². The van der Waals surface area contributed by atoms with Crippen LogP contribution in [0.3, 0.4) is 0 Å². The van der Waals surface area contributed by atoms with Crippen molar-refractivity contribution in [3.05, 3.63) is 24.0 Å². The van der Waals surface area contributed by atoms with E-state index in [1.807, 2.05) is 18.3 Å². The summed E-state index contributed by atoms with van der Waals surface area (Å²) in [6, 6.07) is 3.36. The van der Waals surface area contributed by atoms with E-state index in [1.54, 1.807) is 7.05 Å². The SMILES string of the molecule is CN(Cc1ccc[nH]1)C(N)=O. The van der Waals surface area contributed by atoms with E-state index >= 15 is 0 Å². The Kier molecular flexibility index (Phi) is 2.15. The number of carbonyl (C=O) groups excluding carboxylic acids is 1. The highest BCUT2D eigenvalue weighted by atomic mass is 16.2. The van der Waals surface area contributed by atoms with Crippen molar-refractivity contribution in [3.8, 4) is 0 Å². The van der Waals surface area contributed by atoms with Crippen molar-refractivity contribution in [1.82, 2.24) is 9.88 Å². The largest absolute Gasteiger partial charge is 0.364 e. The van der Waals surface area contributed by atoms with E-state index in [0.29, 0.717) is 6.54 Å². The van der Waals surface area contributed by atoms with Gasteiger partial charge in [0.2, 0.25) is 0 Å². The first kappa shape index (κ1) is 7.65. The number of H-pyrrole nitrogens is 1. The highest BCUT2D eigenvalue weighted by molar-refractivity contribution is 5.71. The number of hydrogen-bond acceptors (Lipinski definition) is 1. The van der Waals surface area contributed by atoms with Crippen molar-refractivity contribution in [2.45, 2.75) is 6.54 Å². The lowest BCUT2D eigenvalue weighted by Gasteiger charge is -2.11. The van der Waals surface area contributed by atoms with Crippen LogP contribution in [0.1, 0.15) is 5.69 Å². The molecule has 0 radical (unpaired) electrons. The fourth-order valence-electron chi connectivity index (χ4n) is 0.799. The smallest absolute Gasteiger partial charge is 0.314 e. The monoisotopic (exact) mass is 153 g/mol. The van der Waals surface area contributed by atoms with E-state index in [1.165, 1.54) is 4.90 Å². The predicted molar refractivity (Wildman–Crippen MR) is 41.8 cm³/mol. The molecule has 0 saturated carbocycles. The molecule has 4 nitrogen and oxygen atoms in total. The molecule has 1 aromatic heterocycles. The summed E-state index contributed by atoms with van der Waals surface area (Å²) >= 11 is 0. The molecular weight excluding hydrogens is 142 g/mol. The molecule has 3 N–H and O–H groups in total. The third kappa shape index (κ3) is 2.00. The standard InChI is InChI=1S/C7H11N3O/c1-10(7(8)11)5-6-3-2-4-9-6/h2-4,9H,5H2,1H3,(H2,8,11). The van der Waals surface area contributed by atoms with Crippen LogP contribution in [0.25, 0.3) is 0 Å². The van der Waals surface area contributed by atoms with Crippen LogP contribution in [0.2, 0.25) is 0 Å². The average Bonchev–Trinajstić information content (AvgIpc) is 2.39. The number of nitrogens with one attached hydrogen (secondary N) is 1. The number of nitrogens with zero attached hydrogens (tertiary/aromatic N) is 1. The lowest BCUT2D eigenvalue weighted by atomic mass is 10.4. The van der Waals surface area contributed by atoms with E-state index in [-0.39, 0.29) is 0 Å². The molecule has 2 amide bonds. The minimum Gasteiger partial charge on any atom is -0.364 e. The Hall–Kier alpha value is -1.45. The van der Waals surface area contributed by atoms with Crippen LogP contribution in [0, 0.1) is 0 Å². The Morgan fingerprint density at radius 2 is 2.55 bits per heavy atom. The summed E-state index contributed by atoms with van der Waals surface area (Å²) < 4.78 is 0. The van der Waals surface area contributed by atoms with Crippen LogP contribution in [0.15, 0.2) is 18.3 Å². The Morgan fingerprint density at radius 3 is 3.00 bits per heavy atom. The van der Waals surface area contributed by atoms with Gasteiger partial charge in [0, 0.05) is 18.9 Å². The molecule has 0 aromatic carbocycles. The first-order chi connectivity index (χ1) is 5.20. The average molecular weight is 153 g/mol. The van der Waals surface area contributed by atoms with E-state index < -0.39 is 6.03 Å². The van der Waals surface area contributed by atoms with Gasteiger partial charge in [-0.05, 0) is 12.1 Å². The van der Waals surface area contributed by atoms with E-state index in [9.17, 15) is 4.79 Å². The Labute approximate surface area is 65.0 Å². The van der Waals surface area contributed by atoms with Crippen LogP contribution in [0.4, 0.5) is 4.79 Å². The summed E-state index contributed by atoms with van der Waals surface area (Å²) in [5, 5.41) is 0. The molecule has 0 fully saturated rings. The van der Waals surface area contributed by atoms with E-state index in [2.05, 4.69) is 4.98 Å². The van der Waals surface area contributed by atoms with Gasteiger partial charge in [-0.1, -0.05) is 0 Å². The molecule has 0 spiro atoms. The van der Waals surface area contributed by atoms with Gasteiger partial charge in [0.05, 0.1) is 6.54 Å². The minimum absolute atomic E-state index is 0.417. The number of amides is 2. The molecule has 0 aliphatic rings. The molecule has 60 valence electrons. The Balaban J connectivity index is 2.50. The maximum Gasteiger partial charge on any atom is 0.314 e. The van der Waals surface area contributed by atoms with Crippen molar-refractivity contribution >= 4 is 6.03 Å². The lowest BCUT2D eigenvalue weighted by Crippen LogP contribution is -2.31. The zero-order valence-corrected chi connectivity index (χ0v) is 6.37. The van der Waals surface area contributed by atoms with Crippen LogP contribution >= 0.6 is 0 Å². The zero-order chi connectivity index (χ0) is 8.27. The third-order valence-electron chi connectivity index (χ3n) is 1.45. The first-order valence-electron chi connectivity index (χ1n) is 3.33. The molecule has 0 saturated heterocycles. The summed E-state index contributed by atoms with van der Waals surface area (Å²) in [4.78, 5) is 15.0. The first-order valence-corrected chi connectivity index (χ1v) is 3.33. The number of rotatable bonds is 2. The van der Waals surface area contributed by atoms with Gasteiger partial charge in [0.1, 0.15) is 0 Å². The highest BCUT2D eigenvalue weighted by Gasteiger charge is 2.02. The second-order valence-electron chi connectivity index (χ2n) is 2.39. The molecule has 0 bridgehead atoms. The van der Waals surface area contributed by atoms with E-state index in [0.717, 1.165) is 5.69 Å². The topological polar surface area (TPSA) is 62.1 Å². The van der Waals surface area contributed by atoms with Crippen molar-refractivity contribution < 1.29 is 4.79 Å². The normalized spacial score (nSPS) is 9.55. The molecule has 11 heavy (non-hydrogen) atoms. The van der Waals surface area contributed by atoms with Gasteiger partial charge >= 0.3 is 6.03 Å². The number of nitrogens with two attached hydrogens (primary N) is 1. The molecular formula is C7H11N3O. The van der Waals surface area contributed by atoms with Crippen molar-refractivity contribution in [3.63, 3.8) is 0 Å². The molecule has 4 heteroatoms. The molecule has 1 rings (SSSR count). The zero-order valence-electron chi connectivity index (χ0n) is 6.37. The molecule has 1 aromatic rings. The molecule has 0 aliphatic carbocycles. The van der Waals surface area contributed by atoms with Gasteiger partial charge in [-0.25, -0.2) is 4.79 Å². The second kappa shape index (κ2) is 3.09. The number of carbonyl (C=O) groups is 1. The van der Waals surface area contributed by atoms with Crippen LogP contribution in [-0.2, 0) is 6.54 Å². The Bertz CT molecular complexity index is 230. The predicted octanol–water partition coefficient (Wildman–Crippen LogP) is 0.525. The summed E-state index contributed by atoms with van der Waals surface area (Å²) in [5.74, 6) is 0. The summed E-state index contributed by atoms with van der Waals surface area (Å²) in [5.41, 5.74) is 6.00. The van der Waals surface area contributed by atoms with Crippen LogP contribution in [0.5, 0.6) is 0 Å². The van der Waals surface area contributed by atoms with Crippen LogP contribution in [-0.4, -0.2) is 23.0 Å². The fourth-order valence-corrected chi connectivity index (χ4v) is 0.799. The van der Waals surface area contributed by atoms with Crippen molar-refractivity contribution in [1.29, 1.82) is 0 Å². The maximum absolute atomic E-state index is 10.6. The number of urea groups is 1. The lowest BCUT2D eigenvalue weighted by molar-refractivity contribution is 0.216. The highest BCUT2D eigenvalue weighted by Crippen LogP contribution is 1.98. The van der Waals surface area contributed by atoms with Crippen molar-refractivity contribution in [2.75, 3.05) is 7.05 Å². The Morgan fingerprint density at radius 1 is 1.82 bits per heavy atom. The summed E-state index contributed by atoms with van der Waals surface area (Å²) in [6.45, 7) is 0.530. The van der Waals surface area contributed by atoms with E-state index in [4.69, 9.17) is 5.73 Å². The fraction of sp³-hybridized carbons (Fsp3) is 0.286. The summed E-state index contributed by atoms with van der Waals surface area (Å²) in [6.07, 6.45) is 1.81. The summed E-state index contributed by atoms with van der Waals surface area (Å²) in [7, 11) is 1.66. The molecule has 1 heterocycles. The van der Waals surface area contributed by atoms with Gasteiger partial charge in [-0.2, -0.15) is 0 Å². The van der Waals surface area contributed by atoms with Crippen molar-refractivity contribution in [2.24, 2.45) is 5.73 Å². The maximum atomic E-state index is 10.6. The van der Waals surface area contributed by atoms with Gasteiger partial charge in [-0.3, -0.25) is 0 Å². The quantitative estimate of drug-likeness (QED) is 0.639. The van der Waals surface area contributed by atoms with Gasteiger partial charge in [0.15, 0.2) is 0 Å². The van der Waals surface area contributed by atoms with Gasteiger partial charge in [-0.15, -0.1) is 0 Å². The minimum atomic E-state index is -0.417. The molecule has 0 unspecified atom stereocenters. The molecule has 0 atom stereocenters. The number of aromatic amines is 1. The number of primary amides is 1.